The molecule has 168 valence electrons. The van der Waals surface area contributed by atoms with Crippen LogP contribution in [-0.2, 0) is 21.4 Å². The molecule has 0 radical (unpaired) electrons. The lowest BCUT2D eigenvalue weighted by atomic mass is 10.2. The van der Waals surface area contributed by atoms with Crippen molar-refractivity contribution in [1.29, 1.82) is 0 Å². The molecule has 0 aliphatic rings. The lowest BCUT2D eigenvalue weighted by molar-refractivity contribution is -0.132. The summed E-state index contributed by atoms with van der Waals surface area (Å²) in [5, 5.41) is 9.38. The second kappa shape index (κ2) is 11.1. The Hall–Kier alpha value is -2.85. The number of nitrogens with one attached hydrogen (secondary N) is 1. The number of hydroxylamine groups is 1. The first-order valence-electron chi connectivity index (χ1n) is 9.77. The van der Waals surface area contributed by atoms with Crippen LogP contribution in [0.15, 0.2) is 94.7 Å². The van der Waals surface area contributed by atoms with E-state index in [9.17, 15) is 18.4 Å². The van der Waals surface area contributed by atoms with Crippen LogP contribution in [0.25, 0.3) is 0 Å². The summed E-state index contributed by atoms with van der Waals surface area (Å²) < 4.78 is 33.5. The van der Waals surface area contributed by atoms with Crippen molar-refractivity contribution >= 4 is 27.7 Å². The van der Waals surface area contributed by atoms with Gasteiger partial charge in [0.25, 0.3) is 5.91 Å². The second-order valence-electron chi connectivity index (χ2n) is 6.83. The topological polar surface area (TPSA) is 95.9 Å². The molecule has 1 unspecified atom stereocenters. The minimum absolute atomic E-state index is 0.0229. The normalized spacial score (nSPS) is 12.3. The van der Waals surface area contributed by atoms with Crippen LogP contribution >= 0.6 is 11.8 Å². The fraction of sp³-hybridized carbons (Fsp3) is 0.174. The molecular weight excluding hydrogens is 448 g/mol. The Labute approximate surface area is 192 Å². The van der Waals surface area contributed by atoms with E-state index in [1.807, 2.05) is 36.4 Å². The van der Waals surface area contributed by atoms with Crippen molar-refractivity contribution in [2.45, 2.75) is 22.4 Å². The number of hydrogen-bond acceptors (Lipinski definition) is 6. The van der Waals surface area contributed by atoms with Crippen molar-refractivity contribution in [3.8, 4) is 5.75 Å². The summed E-state index contributed by atoms with van der Waals surface area (Å²) in [7, 11) is -2.60. The van der Waals surface area contributed by atoms with Crippen molar-refractivity contribution in [3.05, 3.63) is 90.5 Å². The van der Waals surface area contributed by atoms with Crippen molar-refractivity contribution in [2.24, 2.45) is 0 Å². The van der Waals surface area contributed by atoms with Gasteiger partial charge in [-0.2, -0.15) is 4.31 Å². The molecule has 0 aromatic heterocycles. The molecule has 0 aliphatic heterocycles. The average Bonchev–Trinajstić information content (AvgIpc) is 2.84. The maximum Gasteiger partial charge on any atom is 0.262 e. The number of nitrogens with zero attached hydrogens (tertiary/aromatic N) is 1. The standard InChI is InChI=1S/C23H24N2O5S2/c1-30-19-12-14-21(15-13-19)32(28,29)25(16-18-8-4-2-5-9-18)22(23(26)24-27)17-31-20-10-6-3-7-11-20/h2-15,22,27H,16-17H2,1H3,(H,24,26). The van der Waals surface area contributed by atoms with Gasteiger partial charge in [0, 0.05) is 17.2 Å². The number of methoxy groups -OCH3 is 1. The predicted molar refractivity (Wildman–Crippen MR) is 123 cm³/mol. The highest BCUT2D eigenvalue weighted by Gasteiger charge is 2.36. The van der Waals surface area contributed by atoms with Crippen LogP contribution in [0, 0.1) is 0 Å². The van der Waals surface area contributed by atoms with E-state index in [1.165, 1.54) is 31.0 Å². The first-order valence-corrected chi connectivity index (χ1v) is 12.2. The number of hydrogen-bond donors (Lipinski definition) is 2. The van der Waals surface area contributed by atoms with Crippen LogP contribution in [0.3, 0.4) is 0 Å². The zero-order valence-electron chi connectivity index (χ0n) is 17.4. The highest BCUT2D eigenvalue weighted by Crippen LogP contribution is 2.27. The van der Waals surface area contributed by atoms with Crippen LogP contribution < -0.4 is 10.2 Å². The Morgan fingerprint density at radius 1 is 1.00 bits per heavy atom. The lowest BCUT2D eigenvalue weighted by Crippen LogP contribution is -2.50. The van der Waals surface area contributed by atoms with Gasteiger partial charge in [-0.3, -0.25) is 10.0 Å². The largest absolute Gasteiger partial charge is 0.497 e. The number of amides is 1. The van der Waals surface area contributed by atoms with E-state index in [0.29, 0.717) is 11.3 Å². The number of sulfonamides is 1. The fourth-order valence-corrected chi connectivity index (χ4v) is 5.77. The van der Waals surface area contributed by atoms with Crippen molar-refractivity contribution in [1.82, 2.24) is 9.79 Å². The summed E-state index contributed by atoms with van der Waals surface area (Å²) >= 11 is 1.33. The molecule has 0 heterocycles. The molecule has 7 nitrogen and oxygen atoms in total. The molecule has 3 rings (SSSR count). The van der Waals surface area contributed by atoms with Crippen LogP contribution in [0.4, 0.5) is 0 Å². The van der Waals surface area contributed by atoms with E-state index in [1.54, 1.807) is 41.9 Å². The Morgan fingerprint density at radius 3 is 2.16 bits per heavy atom. The van der Waals surface area contributed by atoms with E-state index in [2.05, 4.69) is 0 Å². The highest BCUT2D eigenvalue weighted by molar-refractivity contribution is 7.99. The second-order valence-corrected chi connectivity index (χ2v) is 9.81. The molecule has 0 fully saturated rings. The van der Waals surface area contributed by atoms with Gasteiger partial charge in [-0.1, -0.05) is 48.5 Å². The molecule has 32 heavy (non-hydrogen) atoms. The number of ether oxygens (including phenoxy) is 1. The number of benzene rings is 3. The minimum atomic E-state index is -4.09. The Bertz CT molecular complexity index is 1110. The van der Waals surface area contributed by atoms with E-state index in [0.717, 1.165) is 9.20 Å². The van der Waals surface area contributed by atoms with Gasteiger partial charge in [-0.05, 0) is 42.0 Å². The van der Waals surface area contributed by atoms with Crippen LogP contribution in [0.5, 0.6) is 5.75 Å². The monoisotopic (exact) mass is 472 g/mol. The lowest BCUT2D eigenvalue weighted by Gasteiger charge is -2.29. The number of carbonyl (C=O) groups excluding carboxylic acids is 1. The van der Waals surface area contributed by atoms with Gasteiger partial charge in [0.2, 0.25) is 10.0 Å². The molecule has 3 aromatic carbocycles. The Morgan fingerprint density at radius 2 is 1.59 bits per heavy atom. The summed E-state index contributed by atoms with van der Waals surface area (Å²) in [5.41, 5.74) is 2.34. The van der Waals surface area contributed by atoms with Gasteiger partial charge in [-0.15, -0.1) is 11.8 Å². The van der Waals surface area contributed by atoms with Crippen LogP contribution in [0.1, 0.15) is 5.56 Å². The van der Waals surface area contributed by atoms with Gasteiger partial charge >= 0.3 is 0 Å². The quantitative estimate of drug-likeness (QED) is 0.266. The number of rotatable bonds is 10. The SMILES string of the molecule is COc1ccc(S(=O)(=O)N(Cc2ccccc2)C(CSc2ccccc2)C(=O)NO)cc1. The summed E-state index contributed by atoms with van der Waals surface area (Å²) in [4.78, 5) is 13.5. The summed E-state index contributed by atoms with van der Waals surface area (Å²) in [6.45, 7) is -0.0390. The predicted octanol–water partition coefficient (Wildman–Crippen LogP) is 3.55. The molecular formula is C23H24N2O5S2. The van der Waals surface area contributed by atoms with Gasteiger partial charge in [-0.25, -0.2) is 13.9 Å². The smallest absolute Gasteiger partial charge is 0.262 e. The number of carbonyl (C=O) groups is 1. The Kier molecular flexibility index (Phi) is 8.29. The van der Waals surface area contributed by atoms with Crippen molar-refractivity contribution in [3.63, 3.8) is 0 Å². The molecule has 0 aliphatic carbocycles. The van der Waals surface area contributed by atoms with E-state index < -0.39 is 22.0 Å². The molecule has 0 spiro atoms. The van der Waals surface area contributed by atoms with Gasteiger partial charge in [0.05, 0.1) is 12.0 Å². The first-order chi connectivity index (χ1) is 15.5. The van der Waals surface area contributed by atoms with Gasteiger partial charge in [0.15, 0.2) is 0 Å². The summed E-state index contributed by atoms with van der Waals surface area (Å²) in [6.07, 6.45) is 0. The van der Waals surface area contributed by atoms with E-state index >= 15 is 0 Å². The highest BCUT2D eigenvalue weighted by atomic mass is 32.2. The molecule has 2 N–H and O–H groups in total. The average molecular weight is 473 g/mol. The molecule has 0 bridgehead atoms. The van der Waals surface area contributed by atoms with Gasteiger partial charge < -0.3 is 4.74 Å². The molecule has 9 heteroatoms. The van der Waals surface area contributed by atoms with E-state index in [-0.39, 0.29) is 17.2 Å². The molecule has 0 saturated carbocycles. The maximum absolute atomic E-state index is 13.6. The van der Waals surface area contributed by atoms with E-state index in [4.69, 9.17) is 4.74 Å². The molecule has 1 atom stereocenters. The first kappa shape index (κ1) is 23.8. The fourth-order valence-electron chi connectivity index (χ4n) is 3.07. The number of thioether (sulfide) groups is 1. The summed E-state index contributed by atoms with van der Waals surface area (Å²) in [5.74, 6) is -0.178. The third kappa shape index (κ3) is 5.89. The summed E-state index contributed by atoms with van der Waals surface area (Å²) in [6, 6.07) is 23.2. The molecule has 3 aromatic rings. The van der Waals surface area contributed by atoms with Crippen molar-refractivity contribution in [2.75, 3.05) is 12.9 Å². The Balaban J connectivity index is 2.00. The molecule has 0 saturated heterocycles. The minimum Gasteiger partial charge on any atom is -0.497 e. The van der Waals surface area contributed by atoms with Gasteiger partial charge in [0.1, 0.15) is 11.8 Å². The zero-order chi connectivity index (χ0) is 23.0. The third-order valence-electron chi connectivity index (χ3n) is 4.76. The van der Waals surface area contributed by atoms with Crippen LogP contribution in [-0.4, -0.2) is 42.7 Å². The van der Waals surface area contributed by atoms with Crippen LogP contribution in [0.2, 0.25) is 0 Å². The molecule has 1 amide bonds. The maximum atomic E-state index is 13.6. The third-order valence-corrected chi connectivity index (χ3v) is 7.72. The zero-order valence-corrected chi connectivity index (χ0v) is 19.1. The van der Waals surface area contributed by atoms with Crippen molar-refractivity contribution < 1.29 is 23.2 Å².